The van der Waals surface area contributed by atoms with Crippen LogP contribution in [0.25, 0.3) is 0 Å². The Bertz CT molecular complexity index is 296. The summed E-state index contributed by atoms with van der Waals surface area (Å²) >= 11 is 0. The Kier molecular flexibility index (Phi) is 2.34. The van der Waals surface area contributed by atoms with Crippen molar-refractivity contribution in [3.05, 3.63) is 11.9 Å². The number of aromatic nitrogens is 2. The fourth-order valence-corrected chi connectivity index (χ4v) is 1.05. The highest BCUT2D eigenvalue weighted by molar-refractivity contribution is 5.25. The van der Waals surface area contributed by atoms with Crippen LogP contribution >= 0.6 is 0 Å². The van der Waals surface area contributed by atoms with E-state index in [1.807, 2.05) is 20.8 Å². The van der Waals surface area contributed by atoms with E-state index in [2.05, 4.69) is 5.10 Å². The molecule has 0 aliphatic carbocycles. The van der Waals surface area contributed by atoms with Crippen molar-refractivity contribution in [1.82, 2.24) is 9.78 Å². The molecule has 1 aromatic rings. The Morgan fingerprint density at radius 3 is 2.31 bits per heavy atom. The highest BCUT2D eigenvalue weighted by Gasteiger charge is 2.19. The third-order valence-electron chi connectivity index (χ3n) is 1.84. The standard InChI is InChI=1S/C9H17N3O/c1-6(10)8-7(13)5-12(11-8)9(2,3)4/h5-6,13H,10H2,1-4H3. The molecule has 0 saturated heterocycles. The smallest absolute Gasteiger partial charge is 0.158 e. The normalized spacial score (nSPS) is 14.5. The predicted octanol–water partition coefficient (Wildman–Crippen LogP) is 1.36. The SMILES string of the molecule is CC(N)c1nn(C(C)(C)C)cc1O. The van der Waals surface area contributed by atoms with Gasteiger partial charge in [0.25, 0.3) is 0 Å². The summed E-state index contributed by atoms with van der Waals surface area (Å²) in [4.78, 5) is 0. The van der Waals surface area contributed by atoms with Crippen molar-refractivity contribution >= 4 is 0 Å². The second-order valence-corrected chi connectivity index (χ2v) is 4.30. The molecule has 74 valence electrons. The van der Waals surface area contributed by atoms with Gasteiger partial charge in [-0.3, -0.25) is 4.68 Å². The molecular formula is C9H17N3O. The van der Waals surface area contributed by atoms with Crippen LogP contribution in [0.3, 0.4) is 0 Å². The minimum Gasteiger partial charge on any atom is -0.504 e. The van der Waals surface area contributed by atoms with Crippen molar-refractivity contribution < 1.29 is 5.11 Å². The molecular weight excluding hydrogens is 166 g/mol. The van der Waals surface area contributed by atoms with Gasteiger partial charge in [0.05, 0.1) is 11.7 Å². The molecule has 1 unspecified atom stereocenters. The molecule has 4 nitrogen and oxygen atoms in total. The molecule has 4 heteroatoms. The van der Waals surface area contributed by atoms with Gasteiger partial charge < -0.3 is 10.8 Å². The average molecular weight is 183 g/mol. The van der Waals surface area contributed by atoms with E-state index < -0.39 is 0 Å². The first-order chi connectivity index (χ1) is 5.82. The maximum Gasteiger partial charge on any atom is 0.158 e. The van der Waals surface area contributed by atoms with E-state index in [4.69, 9.17) is 5.73 Å². The second kappa shape index (κ2) is 3.03. The first kappa shape index (κ1) is 10.1. The maximum atomic E-state index is 9.50. The number of hydrogen-bond acceptors (Lipinski definition) is 3. The van der Waals surface area contributed by atoms with Crippen LogP contribution in [0.4, 0.5) is 0 Å². The fraction of sp³-hybridized carbons (Fsp3) is 0.667. The number of nitrogens with two attached hydrogens (primary N) is 1. The summed E-state index contributed by atoms with van der Waals surface area (Å²) in [7, 11) is 0. The Labute approximate surface area is 78.4 Å². The lowest BCUT2D eigenvalue weighted by Crippen LogP contribution is -2.22. The van der Waals surface area contributed by atoms with Gasteiger partial charge >= 0.3 is 0 Å². The van der Waals surface area contributed by atoms with Crippen molar-refractivity contribution in [3.8, 4) is 5.75 Å². The van der Waals surface area contributed by atoms with Crippen LogP contribution < -0.4 is 5.73 Å². The highest BCUT2D eigenvalue weighted by atomic mass is 16.3. The quantitative estimate of drug-likeness (QED) is 0.691. The number of rotatable bonds is 1. The Morgan fingerprint density at radius 2 is 2.08 bits per heavy atom. The zero-order valence-electron chi connectivity index (χ0n) is 8.57. The molecule has 0 aromatic carbocycles. The van der Waals surface area contributed by atoms with E-state index in [0.717, 1.165) is 0 Å². The van der Waals surface area contributed by atoms with E-state index in [1.165, 1.54) is 0 Å². The summed E-state index contributed by atoms with van der Waals surface area (Å²) in [5, 5.41) is 13.7. The largest absolute Gasteiger partial charge is 0.504 e. The topological polar surface area (TPSA) is 64.1 Å². The predicted molar refractivity (Wildman–Crippen MR) is 51.5 cm³/mol. The molecule has 1 aromatic heterocycles. The van der Waals surface area contributed by atoms with Crippen molar-refractivity contribution in [2.24, 2.45) is 5.73 Å². The summed E-state index contributed by atoms with van der Waals surface area (Å²) in [6.45, 7) is 7.86. The molecule has 1 heterocycles. The van der Waals surface area contributed by atoms with Crippen LogP contribution in [0.2, 0.25) is 0 Å². The zero-order chi connectivity index (χ0) is 10.2. The number of aromatic hydroxyl groups is 1. The highest BCUT2D eigenvalue weighted by Crippen LogP contribution is 2.24. The van der Waals surface area contributed by atoms with Crippen molar-refractivity contribution in [1.29, 1.82) is 0 Å². The van der Waals surface area contributed by atoms with Crippen LogP contribution in [-0.4, -0.2) is 14.9 Å². The van der Waals surface area contributed by atoms with Gasteiger partial charge in [0.1, 0.15) is 5.69 Å². The Morgan fingerprint density at radius 1 is 1.54 bits per heavy atom. The van der Waals surface area contributed by atoms with E-state index in [9.17, 15) is 5.11 Å². The first-order valence-electron chi connectivity index (χ1n) is 4.37. The molecule has 0 saturated carbocycles. The van der Waals surface area contributed by atoms with E-state index in [0.29, 0.717) is 5.69 Å². The fourth-order valence-electron chi connectivity index (χ4n) is 1.05. The lowest BCUT2D eigenvalue weighted by Gasteiger charge is -2.18. The van der Waals surface area contributed by atoms with Gasteiger partial charge in [-0.25, -0.2) is 0 Å². The van der Waals surface area contributed by atoms with Gasteiger partial charge in [0.15, 0.2) is 5.75 Å². The zero-order valence-corrected chi connectivity index (χ0v) is 8.57. The third kappa shape index (κ3) is 2.01. The van der Waals surface area contributed by atoms with Crippen LogP contribution in [0.5, 0.6) is 5.75 Å². The van der Waals surface area contributed by atoms with E-state index in [-0.39, 0.29) is 17.3 Å². The maximum absolute atomic E-state index is 9.50. The van der Waals surface area contributed by atoms with E-state index in [1.54, 1.807) is 17.8 Å². The monoisotopic (exact) mass is 183 g/mol. The van der Waals surface area contributed by atoms with Crippen LogP contribution in [0.15, 0.2) is 6.20 Å². The average Bonchev–Trinajstić information content (AvgIpc) is 2.29. The van der Waals surface area contributed by atoms with Gasteiger partial charge in [-0.2, -0.15) is 5.10 Å². The van der Waals surface area contributed by atoms with Crippen LogP contribution in [-0.2, 0) is 5.54 Å². The van der Waals surface area contributed by atoms with Gasteiger partial charge in [-0.05, 0) is 27.7 Å². The third-order valence-corrected chi connectivity index (χ3v) is 1.84. The summed E-state index contributed by atoms with van der Waals surface area (Å²) in [5.74, 6) is 0.171. The minimum absolute atomic E-state index is 0.120. The summed E-state index contributed by atoms with van der Waals surface area (Å²) < 4.78 is 1.72. The van der Waals surface area contributed by atoms with Gasteiger partial charge in [-0.1, -0.05) is 0 Å². The van der Waals surface area contributed by atoms with Crippen molar-refractivity contribution in [2.75, 3.05) is 0 Å². The molecule has 3 N–H and O–H groups in total. The molecule has 0 aliphatic rings. The number of nitrogens with zero attached hydrogens (tertiary/aromatic N) is 2. The van der Waals surface area contributed by atoms with Crippen molar-refractivity contribution in [2.45, 2.75) is 39.3 Å². The molecule has 0 amide bonds. The number of hydrogen-bond donors (Lipinski definition) is 2. The molecule has 1 atom stereocenters. The molecule has 0 spiro atoms. The van der Waals surface area contributed by atoms with Crippen LogP contribution in [0.1, 0.15) is 39.4 Å². The minimum atomic E-state index is -0.233. The molecule has 0 fully saturated rings. The van der Waals surface area contributed by atoms with Gasteiger partial charge in [0.2, 0.25) is 0 Å². The van der Waals surface area contributed by atoms with Crippen molar-refractivity contribution in [3.63, 3.8) is 0 Å². The van der Waals surface area contributed by atoms with E-state index >= 15 is 0 Å². The first-order valence-corrected chi connectivity index (χ1v) is 4.37. The second-order valence-electron chi connectivity index (χ2n) is 4.30. The molecule has 13 heavy (non-hydrogen) atoms. The summed E-state index contributed by atoms with van der Waals surface area (Å²) in [5.41, 5.74) is 6.07. The lowest BCUT2D eigenvalue weighted by molar-refractivity contribution is 0.351. The Balaban J connectivity index is 3.10. The molecule has 1 rings (SSSR count). The summed E-state index contributed by atoms with van der Waals surface area (Å²) in [6.07, 6.45) is 1.61. The van der Waals surface area contributed by atoms with Crippen LogP contribution in [0, 0.1) is 0 Å². The van der Waals surface area contributed by atoms with Gasteiger partial charge in [-0.15, -0.1) is 0 Å². The molecule has 0 aliphatic heterocycles. The molecule has 0 bridgehead atoms. The lowest BCUT2D eigenvalue weighted by atomic mass is 10.1. The Hall–Kier alpha value is -1.03. The summed E-state index contributed by atoms with van der Waals surface area (Å²) in [6, 6.07) is -0.233. The van der Waals surface area contributed by atoms with Gasteiger partial charge in [0, 0.05) is 6.04 Å². The molecule has 0 radical (unpaired) electrons.